The third kappa shape index (κ3) is 6.04. The number of amides is 2. The Morgan fingerprint density at radius 3 is 2.61 bits per heavy atom. The van der Waals surface area contributed by atoms with Crippen LogP contribution < -0.4 is 20.7 Å². The summed E-state index contributed by atoms with van der Waals surface area (Å²) in [7, 11) is 1.98. The van der Waals surface area contributed by atoms with E-state index in [-0.39, 0.29) is 12.5 Å². The summed E-state index contributed by atoms with van der Waals surface area (Å²) in [5.41, 5.74) is 9.04. The topological polar surface area (TPSA) is 126 Å². The normalized spacial score (nSPS) is 14.7. The predicted octanol–water partition coefficient (Wildman–Crippen LogP) is 3.73. The van der Waals surface area contributed by atoms with Gasteiger partial charge in [-0.1, -0.05) is 36.4 Å². The highest BCUT2D eigenvalue weighted by Crippen LogP contribution is 2.39. The first-order valence-corrected chi connectivity index (χ1v) is 13.2. The number of ether oxygens (including phenoxy) is 1. The molecule has 3 aromatic carbocycles. The number of carbonyl (C=O) groups is 2. The Bertz CT molecular complexity index is 1590. The van der Waals surface area contributed by atoms with Gasteiger partial charge in [0.05, 0.1) is 48.9 Å². The van der Waals surface area contributed by atoms with Crippen molar-refractivity contribution < 1.29 is 18.7 Å². The van der Waals surface area contributed by atoms with E-state index in [2.05, 4.69) is 21.3 Å². The number of imidazole rings is 1. The van der Waals surface area contributed by atoms with Gasteiger partial charge in [0.25, 0.3) is 5.91 Å². The van der Waals surface area contributed by atoms with E-state index in [9.17, 15) is 14.0 Å². The number of fused-ring (bicyclic) bond motifs is 1. The molecule has 2 heterocycles. The third-order valence-electron chi connectivity index (χ3n) is 7.24. The number of nitrogens with two attached hydrogens (primary N) is 1. The first-order chi connectivity index (χ1) is 19.8. The van der Waals surface area contributed by atoms with E-state index < -0.39 is 23.7 Å². The number of para-hydroxylation sites is 1. The highest BCUT2D eigenvalue weighted by Gasteiger charge is 2.31. The van der Waals surface area contributed by atoms with E-state index >= 15 is 0 Å². The molecule has 2 atom stereocenters. The number of halogens is 1. The summed E-state index contributed by atoms with van der Waals surface area (Å²) in [6.07, 6.45) is 4.37. The van der Waals surface area contributed by atoms with Crippen molar-refractivity contribution in [3.05, 3.63) is 113 Å². The highest BCUT2D eigenvalue weighted by atomic mass is 19.1. The molecule has 2 amide bonds. The summed E-state index contributed by atoms with van der Waals surface area (Å²) in [5.74, 6) is -0.229. The van der Waals surface area contributed by atoms with Crippen LogP contribution in [0.5, 0.6) is 5.75 Å². The second-order valence-corrected chi connectivity index (χ2v) is 9.94. The van der Waals surface area contributed by atoms with Crippen molar-refractivity contribution in [2.45, 2.75) is 31.5 Å². The van der Waals surface area contributed by atoms with E-state index in [0.29, 0.717) is 42.0 Å². The zero-order valence-electron chi connectivity index (χ0n) is 22.5. The lowest BCUT2D eigenvalue weighted by molar-refractivity contribution is -0.119. The molecule has 0 radical (unpaired) electrons. The van der Waals surface area contributed by atoms with Crippen molar-refractivity contribution >= 4 is 17.6 Å². The summed E-state index contributed by atoms with van der Waals surface area (Å²) in [5, 5.41) is 11.8. The van der Waals surface area contributed by atoms with Crippen LogP contribution in [0.1, 0.15) is 45.1 Å². The Balaban J connectivity index is 1.36. The summed E-state index contributed by atoms with van der Waals surface area (Å²) in [6.45, 7) is 0.970. The van der Waals surface area contributed by atoms with Gasteiger partial charge in [-0.2, -0.15) is 5.26 Å². The quantitative estimate of drug-likeness (QED) is 0.326. The van der Waals surface area contributed by atoms with E-state index in [1.54, 1.807) is 48.9 Å². The fourth-order valence-electron chi connectivity index (χ4n) is 5.07. The molecular formula is C31H29FN6O3. The molecule has 0 fully saturated rings. The molecule has 9 nitrogen and oxygen atoms in total. The number of aromatic nitrogens is 2. The maximum absolute atomic E-state index is 13.4. The second kappa shape index (κ2) is 11.9. The van der Waals surface area contributed by atoms with Crippen molar-refractivity contribution in [1.29, 1.82) is 5.26 Å². The van der Waals surface area contributed by atoms with Crippen molar-refractivity contribution in [3.63, 3.8) is 0 Å². The summed E-state index contributed by atoms with van der Waals surface area (Å²) in [4.78, 5) is 32.0. The molecule has 1 unspecified atom stereocenters. The lowest BCUT2D eigenvalue weighted by Crippen LogP contribution is -2.46. The van der Waals surface area contributed by atoms with Gasteiger partial charge in [0.15, 0.2) is 0 Å². The fourth-order valence-corrected chi connectivity index (χ4v) is 5.07. The van der Waals surface area contributed by atoms with Crippen LogP contribution in [0.3, 0.4) is 0 Å². The molecule has 41 heavy (non-hydrogen) atoms. The van der Waals surface area contributed by atoms with Gasteiger partial charge in [-0.05, 0) is 41.5 Å². The SMILES string of the molecule is CN(c1cncn1Cc1ccc(C#N)cc1)C1CCOc2c(C(=O)N[C@@H](Cc3ccc(F)cc3)C(N)=O)cccc21. The van der Waals surface area contributed by atoms with Crippen LogP contribution in [0.15, 0.2) is 79.3 Å². The zero-order chi connectivity index (χ0) is 28.9. The number of nitrogens with one attached hydrogen (secondary N) is 1. The van der Waals surface area contributed by atoms with Gasteiger partial charge in [0, 0.05) is 25.5 Å². The van der Waals surface area contributed by atoms with Crippen LogP contribution >= 0.6 is 0 Å². The lowest BCUT2D eigenvalue weighted by Gasteiger charge is -2.35. The molecular weight excluding hydrogens is 523 g/mol. The third-order valence-corrected chi connectivity index (χ3v) is 7.24. The number of primary amides is 1. The predicted molar refractivity (Wildman–Crippen MR) is 151 cm³/mol. The molecule has 1 aliphatic rings. The summed E-state index contributed by atoms with van der Waals surface area (Å²) < 4.78 is 21.3. The monoisotopic (exact) mass is 552 g/mol. The van der Waals surface area contributed by atoms with Crippen LogP contribution in [0, 0.1) is 17.1 Å². The van der Waals surface area contributed by atoms with E-state index in [1.165, 1.54) is 12.1 Å². The number of rotatable bonds is 9. The lowest BCUT2D eigenvalue weighted by atomic mass is 9.95. The molecule has 3 N–H and O–H groups in total. The molecule has 4 aromatic rings. The van der Waals surface area contributed by atoms with Crippen LogP contribution in [0.4, 0.5) is 10.2 Å². The summed E-state index contributed by atoms with van der Waals surface area (Å²) >= 11 is 0. The van der Waals surface area contributed by atoms with Gasteiger partial charge in [-0.15, -0.1) is 0 Å². The molecule has 5 rings (SSSR count). The Hall–Kier alpha value is -5.17. The first-order valence-electron chi connectivity index (χ1n) is 13.2. The van der Waals surface area contributed by atoms with E-state index in [4.69, 9.17) is 15.7 Å². The molecule has 10 heteroatoms. The van der Waals surface area contributed by atoms with Crippen molar-refractivity contribution in [1.82, 2.24) is 14.9 Å². The number of nitriles is 1. The Kier molecular flexibility index (Phi) is 7.97. The Morgan fingerprint density at radius 1 is 1.17 bits per heavy atom. The molecule has 1 aliphatic heterocycles. The molecule has 1 aromatic heterocycles. The maximum Gasteiger partial charge on any atom is 0.255 e. The number of anilines is 1. The molecule has 0 saturated heterocycles. The zero-order valence-corrected chi connectivity index (χ0v) is 22.5. The van der Waals surface area contributed by atoms with E-state index in [1.807, 2.05) is 29.8 Å². The fraction of sp³-hybridized carbons (Fsp3) is 0.226. The number of carbonyl (C=O) groups excluding carboxylic acids is 2. The Morgan fingerprint density at radius 2 is 1.90 bits per heavy atom. The van der Waals surface area contributed by atoms with Gasteiger partial charge >= 0.3 is 0 Å². The standard InChI is InChI=1S/C31H29FN6O3/c1-37(28-17-35-19-38(28)18-22-7-5-21(16-33)6-8-22)27-13-14-41-29-24(27)3-2-4-25(29)31(40)36-26(30(34)39)15-20-9-11-23(32)12-10-20/h2-12,17,19,26-27H,13-15,18H2,1H3,(H2,34,39)(H,36,40)/t26-,27?/m0/s1. The second-order valence-electron chi connectivity index (χ2n) is 9.94. The molecule has 0 saturated carbocycles. The minimum absolute atomic E-state index is 0.103. The van der Waals surface area contributed by atoms with Crippen LogP contribution in [0.2, 0.25) is 0 Å². The van der Waals surface area contributed by atoms with E-state index in [0.717, 1.165) is 16.9 Å². The molecule has 0 spiro atoms. The van der Waals surface area contributed by atoms with Crippen LogP contribution in [-0.4, -0.2) is 41.1 Å². The highest BCUT2D eigenvalue weighted by molar-refractivity contribution is 6.00. The van der Waals surface area contributed by atoms with Gasteiger partial charge in [-0.3, -0.25) is 9.59 Å². The molecule has 208 valence electrons. The number of hydrogen-bond donors (Lipinski definition) is 2. The van der Waals surface area contributed by atoms with Gasteiger partial charge in [-0.25, -0.2) is 9.37 Å². The van der Waals surface area contributed by atoms with Crippen LogP contribution in [0.25, 0.3) is 0 Å². The van der Waals surface area contributed by atoms with Crippen molar-refractivity contribution in [3.8, 4) is 11.8 Å². The largest absolute Gasteiger partial charge is 0.492 e. The minimum Gasteiger partial charge on any atom is -0.492 e. The average molecular weight is 553 g/mol. The van der Waals surface area contributed by atoms with Gasteiger partial charge in [0.2, 0.25) is 5.91 Å². The summed E-state index contributed by atoms with van der Waals surface area (Å²) in [6, 6.07) is 19.5. The van der Waals surface area contributed by atoms with Crippen LogP contribution in [-0.2, 0) is 17.8 Å². The minimum atomic E-state index is -0.984. The smallest absolute Gasteiger partial charge is 0.255 e. The maximum atomic E-state index is 13.4. The number of nitrogens with zero attached hydrogens (tertiary/aromatic N) is 4. The Labute approximate surface area is 237 Å². The van der Waals surface area contributed by atoms with Crippen molar-refractivity contribution in [2.75, 3.05) is 18.6 Å². The van der Waals surface area contributed by atoms with Gasteiger partial charge in [0.1, 0.15) is 23.4 Å². The molecule has 0 aliphatic carbocycles. The number of hydrogen-bond acceptors (Lipinski definition) is 6. The number of benzene rings is 3. The van der Waals surface area contributed by atoms with Crippen molar-refractivity contribution in [2.24, 2.45) is 5.73 Å². The molecule has 0 bridgehead atoms. The van der Waals surface area contributed by atoms with Gasteiger partial charge < -0.3 is 25.3 Å². The first kappa shape index (κ1) is 27.4. The average Bonchev–Trinajstić information content (AvgIpc) is 3.45.